The van der Waals surface area contributed by atoms with Gasteiger partial charge in [-0.15, -0.1) is 6.58 Å². The zero-order chi connectivity index (χ0) is 16.2. The highest BCUT2D eigenvalue weighted by Crippen LogP contribution is 2.22. The molecule has 0 aromatic rings. The lowest BCUT2D eigenvalue weighted by atomic mass is 10.0. The van der Waals surface area contributed by atoms with Gasteiger partial charge in [-0.3, -0.25) is 0 Å². The van der Waals surface area contributed by atoms with Gasteiger partial charge in [0.1, 0.15) is 12.2 Å². The van der Waals surface area contributed by atoms with E-state index in [-0.39, 0.29) is 5.97 Å². The average molecular weight is 308 g/mol. The van der Waals surface area contributed by atoms with Gasteiger partial charge in [0.2, 0.25) is 0 Å². The van der Waals surface area contributed by atoms with E-state index in [2.05, 4.69) is 6.58 Å². The molecule has 1 aliphatic heterocycles. The van der Waals surface area contributed by atoms with E-state index >= 15 is 0 Å². The number of ether oxygens (including phenoxy) is 1. The van der Waals surface area contributed by atoms with Crippen LogP contribution in [0.3, 0.4) is 0 Å². The molecule has 2 atom stereocenters. The highest BCUT2D eigenvalue weighted by molar-refractivity contribution is 5.92. The Labute approximate surface area is 135 Å². The molecule has 0 aliphatic carbocycles. The Morgan fingerprint density at radius 2 is 1.50 bits per heavy atom. The summed E-state index contributed by atoms with van der Waals surface area (Å²) in [6.07, 6.45) is 16.2. The third-order valence-corrected chi connectivity index (χ3v) is 4.27. The SMILES string of the molecule is C=CCCCCCCCCCCC/C=C1/C(=O)O[C@H](C)[C@H]1O. The summed E-state index contributed by atoms with van der Waals surface area (Å²) in [6, 6.07) is 0. The van der Waals surface area contributed by atoms with Gasteiger partial charge in [-0.05, 0) is 32.6 Å². The van der Waals surface area contributed by atoms with Crippen molar-refractivity contribution >= 4 is 5.97 Å². The van der Waals surface area contributed by atoms with Crippen LogP contribution in [0.25, 0.3) is 0 Å². The third kappa shape index (κ3) is 7.26. The summed E-state index contributed by atoms with van der Waals surface area (Å²) in [5, 5.41) is 9.79. The number of hydrogen-bond acceptors (Lipinski definition) is 3. The molecule has 0 aromatic heterocycles. The number of esters is 1. The van der Waals surface area contributed by atoms with Crippen molar-refractivity contribution in [2.24, 2.45) is 0 Å². The maximum atomic E-state index is 11.5. The molecule has 0 unspecified atom stereocenters. The van der Waals surface area contributed by atoms with Crippen LogP contribution >= 0.6 is 0 Å². The quantitative estimate of drug-likeness (QED) is 0.246. The Kier molecular flexibility index (Phi) is 9.89. The van der Waals surface area contributed by atoms with Crippen molar-refractivity contribution in [2.45, 2.75) is 89.8 Å². The topological polar surface area (TPSA) is 46.5 Å². The number of allylic oxidation sites excluding steroid dienone is 2. The van der Waals surface area contributed by atoms with Crippen LogP contribution in [-0.2, 0) is 9.53 Å². The maximum absolute atomic E-state index is 11.5. The first-order valence-corrected chi connectivity index (χ1v) is 8.86. The van der Waals surface area contributed by atoms with Gasteiger partial charge in [0.25, 0.3) is 0 Å². The van der Waals surface area contributed by atoms with E-state index in [0.717, 1.165) is 19.3 Å². The Hall–Kier alpha value is -1.09. The van der Waals surface area contributed by atoms with Crippen LogP contribution in [0, 0.1) is 0 Å². The van der Waals surface area contributed by atoms with Crippen molar-refractivity contribution < 1.29 is 14.6 Å². The van der Waals surface area contributed by atoms with Crippen LogP contribution in [-0.4, -0.2) is 23.3 Å². The largest absolute Gasteiger partial charge is 0.456 e. The van der Waals surface area contributed by atoms with Crippen molar-refractivity contribution in [2.75, 3.05) is 0 Å². The minimum Gasteiger partial charge on any atom is -0.456 e. The summed E-state index contributed by atoms with van der Waals surface area (Å²) in [7, 11) is 0. The monoisotopic (exact) mass is 308 g/mol. The Morgan fingerprint density at radius 3 is 1.95 bits per heavy atom. The molecule has 0 bridgehead atoms. The average Bonchev–Trinajstić information content (AvgIpc) is 2.74. The van der Waals surface area contributed by atoms with Crippen LogP contribution in [0.1, 0.15) is 77.6 Å². The number of unbranched alkanes of at least 4 members (excludes halogenated alkanes) is 10. The summed E-state index contributed by atoms with van der Waals surface area (Å²) >= 11 is 0. The molecule has 1 fully saturated rings. The number of aliphatic hydroxyl groups is 1. The number of carbonyl (C=O) groups excluding carboxylic acids is 1. The molecule has 0 amide bonds. The minimum atomic E-state index is -0.742. The Morgan fingerprint density at radius 1 is 1.00 bits per heavy atom. The molecule has 0 saturated carbocycles. The zero-order valence-electron chi connectivity index (χ0n) is 14.1. The first kappa shape index (κ1) is 19.0. The molecule has 3 heteroatoms. The molecule has 0 radical (unpaired) electrons. The van der Waals surface area contributed by atoms with Crippen LogP contribution in [0.2, 0.25) is 0 Å². The van der Waals surface area contributed by atoms with Gasteiger partial charge in [0.05, 0.1) is 5.57 Å². The van der Waals surface area contributed by atoms with Crippen LogP contribution in [0.5, 0.6) is 0 Å². The van der Waals surface area contributed by atoms with Gasteiger partial charge in [0.15, 0.2) is 0 Å². The molecule has 1 saturated heterocycles. The second-order valence-electron chi connectivity index (χ2n) is 6.26. The van der Waals surface area contributed by atoms with Crippen LogP contribution in [0.15, 0.2) is 24.3 Å². The fourth-order valence-corrected chi connectivity index (χ4v) is 2.81. The fraction of sp³-hybridized carbons (Fsp3) is 0.737. The second kappa shape index (κ2) is 11.5. The molecule has 126 valence electrons. The third-order valence-electron chi connectivity index (χ3n) is 4.27. The predicted molar refractivity (Wildman–Crippen MR) is 90.6 cm³/mol. The fourth-order valence-electron chi connectivity index (χ4n) is 2.81. The normalized spacial score (nSPS) is 23.0. The van der Waals surface area contributed by atoms with Crippen molar-refractivity contribution in [3.05, 3.63) is 24.3 Å². The molecule has 1 heterocycles. The number of aliphatic hydroxyl groups excluding tert-OH is 1. The van der Waals surface area contributed by atoms with Crippen molar-refractivity contribution in [3.8, 4) is 0 Å². The lowest BCUT2D eigenvalue weighted by Crippen LogP contribution is -2.17. The van der Waals surface area contributed by atoms with Crippen molar-refractivity contribution in [1.29, 1.82) is 0 Å². The molecular formula is C19H32O3. The van der Waals surface area contributed by atoms with Gasteiger partial charge < -0.3 is 9.84 Å². The standard InChI is InChI=1S/C19H32O3/c1-3-4-5-6-7-8-9-10-11-12-13-14-15-17-18(20)16(2)22-19(17)21/h3,15-16,18,20H,1,4-14H2,2H3/b17-15+/t16-,18-/m1/s1. The van der Waals surface area contributed by atoms with E-state index in [0.29, 0.717) is 5.57 Å². The Balaban J connectivity index is 1.94. The molecule has 3 nitrogen and oxygen atoms in total. The van der Waals surface area contributed by atoms with Crippen molar-refractivity contribution in [3.63, 3.8) is 0 Å². The van der Waals surface area contributed by atoms with Gasteiger partial charge in [-0.2, -0.15) is 0 Å². The predicted octanol–water partition coefficient (Wildman–Crippen LogP) is 4.70. The van der Waals surface area contributed by atoms with E-state index in [4.69, 9.17) is 4.74 Å². The van der Waals surface area contributed by atoms with Crippen LogP contribution in [0.4, 0.5) is 0 Å². The molecule has 22 heavy (non-hydrogen) atoms. The lowest BCUT2D eigenvalue weighted by Gasteiger charge is -2.04. The van der Waals surface area contributed by atoms with Crippen molar-refractivity contribution in [1.82, 2.24) is 0 Å². The summed E-state index contributed by atoms with van der Waals surface area (Å²) in [5.41, 5.74) is 0.451. The summed E-state index contributed by atoms with van der Waals surface area (Å²) in [4.78, 5) is 11.5. The highest BCUT2D eigenvalue weighted by atomic mass is 16.6. The molecule has 1 N–H and O–H groups in total. The number of rotatable bonds is 12. The van der Waals surface area contributed by atoms with Gasteiger partial charge in [-0.25, -0.2) is 4.79 Å². The minimum absolute atomic E-state index is 0.351. The first-order chi connectivity index (χ1) is 10.7. The first-order valence-electron chi connectivity index (χ1n) is 8.86. The summed E-state index contributed by atoms with van der Waals surface area (Å²) in [5.74, 6) is -0.351. The molecule has 0 spiro atoms. The van der Waals surface area contributed by atoms with E-state index in [1.807, 2.05) is 12.2 Å². The second-order valence-corrected chi connectivity index (χ2v) is 6.26. The van der Waals surface area contributed by atoms with E-state index in [1.54, 1.807) is 6.92 Å². The Bertz CT molecular complexity index is 360. The number of carbonyl (C=O) groups is 1. The molecule has 1 aliphatic rings. The van der Waals surface area contributed by atoms with E-state index in [9.17, 15) is 9.90 Å². The lowest BCUT2D eigenvalue weighted by molar-refractivity contribution is -0.138. The van der Waals surface area contributed by atoms with Crippen LogP contribution < -0.4 is 0 Å². The number of hydrogen-bond donors (Lipinski definition) is 1. The van der Waals surface area contributed by atoms with E-state index in [1.165, 1.54) is 51.4 Å². The summed E-state index contributed by atoms with van der Waals surface area (Å²) in [6.45, 7) is 5.46. The molecule has 0 aromatic carbocycles. The smallest absolute Gasteiger partial charge is 0.336 e. The highest BCUT2D eigenvalue weighted by Gasteiger charge is 2.34. The summed E-state index contributed by atoms with van der Waals surface area (Å²) < 4.78 is 4.98. The maximum Gasteiger partial charge on any atom is 0.336 e. The molecular weight excluding hydrogens is 276 g/mol. The number of cyclic esters (lactones) is 1. The van der Waals surface area contributed by atoms with Gasteiger partial charge in [-0.1, -0.05) is 57.1 Å². The van der Waals surface area contributed by atoms with Gasteiger partial charge in [0, 0.05) is 0 Å². The van der Waals surface area contributed by atoms with Gasteiger partial charge >= 0.3 is 5.97 Å². The van der Waals surface area contributed by atoms with E-state index < -0.39 is 12.2 Å². The molecule has 1 rings (SSSR count). The zero-order valence-corrected chi connectivity index (χ0v) is 14.1.